The van der Waals surface area contributed by atoms with Crippen LogP contribution in [0.3, 0.4) is 0 Å². The smallest absolute Gasteiger partial charge is 0.120 e. The van der Waals surface area contributed by atoms with Gasteiger partial charge in [-0.25, -0.2) is 9.97 Å². The van der Waals surface area contributed by atoms with Gasteiger partial charge in [0.05, 0.1) is 15.0 Å². The van der Waals surface area contributed by atoms with Crippen molar-refractivity contribution in [1.29, 1.82) is 0 Å². The molecule has 4 rings (SSSR count). The largest absolute Gasteiger partial charge is 0.492 e. The van der Waals surface area contributed by atoms with E-state index in [-0.39, 0.29) is 0 Å². The van der Waals surface area contributed by atoms with Gasteiger partial charge in [-0.1, -0.05) is 0 Å². The quantitative estimate of drug-likeness (QED) is 0.724. The van der Waals surface area contributed by atoms with E-state index in [4.69, 9.17) is 4.74 Å². The van der Waals surface area contributed by atoms with Crippen molar-refractivity contribution in [2.45, 2.75) is 18.9 Å². The molecule has 6 heteroatoms. The lowest BCUT2D eigenvalue weighted by Crippen LogP contribution is -2.28. The third kappa shape index (κ3) is 3.24. The van der Waals surface area contributed by atoms with Crippen molar-refractivity contribution in [3.8, 4) is 16.3 Å². The number of nitrogens with zero attached hydrogens (tertiary/aromatic N) is 2. The Morgan fingerprint density at radius 2 is 2.30 bits per heavy atom. The minimum atomic E-state index is 0.487. The van der Waals surface area contributed by atoms with E-state index in [0.717, 1.165) is 33.9 Å². The summed E-state index contributed by atoms with van der Waals surface area (Å²) in [5, 5.41) is 4.64. The fourth-order valence-electron chi connectivity index (χ4n) is 2.82. The summed E-state index contributed by atoms with van der Waals surface area (Å²) in [6, 6.07) is 8.93. The summed E-state index contributed by atoms with van der Waals surface area (Å²) >= 11 is 5.25. The Bertz CT molecular complexity index is 830. The van der Waals surface area contributed by atoms with Gasteiger partial charge in [-0.05, 0) is 65.0 Å². The first-order valence-corrected chi connectivity index (χ1v) is 9.26. The SMILES string of the molecule is Brc1cncnc1-c1cc2cc(OC[C@@H]3CCCN3)ccc2s1. The standard InChI is InChI=1S/C17H16BrN3OS/c18-14-8-19-10-21-17(14)16-7-11-6-13(3-4-15(11)23-16)22-9-12-2-1-5-20-12/h3-4,6-8,10,12,20H,1-2,5,9H2/t12-/m0/s1. The second kappa shape index (κ2) is 6.55. The predicted molar refractivity (Wildman–Crippen MR) is 97.1 cm³/mol. The Labute approximate surface area is 147 Å². The number of thiophene rings is 1. The molecule has 1 aliphatic rings. The van der Waals surface area contributed by atoms with Gasteiger partial charge in [0.1, 0.15) is 18.7 Å². The molecule has 0 amide bonds. The van der Waals surface area contributed by atoms with Gasteiger partial charge in [0.15, 0.2) is 0 Å². The molecular weight excluding hydrogens is 374 g/mol. The normalized spacial score (nSPS) is 17.7. The third-order valence-corrected chi connectivity index (χ3v) is 5.71. The summed E-state index contributed by atoms with van der Waals surface area (Å²) in [7, 11) is 0. The zero-order chi connectivity index (χ0) is 15.6. The van der Waals surface area contributed by atoms with Crippen LogP contribution in [0.5, 0.6) is 5.75 Å². The number of halogens is 1. The molecule has 0 radical (unpaired) electrons. The van der Waals surface area contributed by atoms with E-state index in [0.29, 0.717) is 6.04 Å². The van der Waals surface area contributed by atoms with Gasteiger partial charge in [0.2, 0.25) is 0 Å². The number of rotatable bonds is 4. The number of aromatic nitrogens is 2. The van der Waals surface area contributed by atoms with Crippen LogP contribution in [-0.2, 0) is 0 Å². The summed E-state index contributed by atoms with van der Waals surface area (Å²) in [4.78, 5) is 9.52. The Morgan fingerprint density at radius 3 is 3.13 bits per heavy atom. The maximum absolute atomic E-state index is 5.94. The van der Waals surface area contributed by atoms with Gasteiger partial charge in [-0.15, -0.1) is 11.3 Å². The summed E-state index contributed by atoms with van der Waals surface area (Å²) in [6.45, 7) is 1.84. The van der Waals surface area contributed by atoms with Crippen LogP contribution in [0, 0.1) is 0 Å². The monoisotopic (exact) mass is 389 g/mol. The maximum Gasteiger partial charge on any atom is 0.120 e. The molecule has 3 heterocycles. The zero-order valence-electron chi connectivity index (χ0n) is 12.5. The van der Waals surface area contributed by atoms with E-state index in [1.807, 2.05) is 6.07 Å². The summed E-state index contributed by atoms with van der Waals surface area (Å²) in [6.07, 6.45) is 5.80. The molecule has 1 fully saturated rings. The molecule has 1 saturated heterocycles. The molecule has 0 unspecified atom stereocenters. The lowest BCUT2D eigenvalue weighted by molar-refractivity contribution is 0.277. The Kier molecular flexibility index (Phi) is 4.29. The number of ether oxygens (including phenoxy) is 1. The van der Waals surface area contributed by atoms with Crippen molar-refractivity contribution in [2.24, 2.45) is 0 Å². The van der Waals surface area contributed by atoms with Crippen LogP contribution in [0.4, 0.5) is 0 Å². The number of hydrogen-bond donors (Lipinski definition) is 1. The molecule has 0 bridgehead atoms. The predicted octanol–water partition coefficient (Wildman–Crippen LogP) is 4.25. The highest BCUT2D eigenvalue weighted by Gasteiger charge is 2.15. The van der Waals surface area contributed by atoms with Crippen molar-refractivity contribution in [3.05, 3.63) is 41.3 Å². The molecular formula is C17H16BrN3OS. The van der Waals surface area contributed by atoms with Crippen LogP contribution < -0.4 is 10.1 Å². The highest BCUT2D eigenvalue weighted by atomic mass is 79.9. The number of nitrogens with one attached hydrogen (secondary N) is 1. The Balaban J connectivity index is 1.58. The fourth-order valence-corrected chi connectivity index (χ4v) is 4.44. The van der Waals surface area contributed by atoms with Crippen LogP contribution in [0.2, 0.25) is 0 Å². The van der Waals surface area contributed by atoms with Crippen LogP contribution in [0.25, 0.3) is 20.7 Å². The number of fused-ring (bicyclic) bond motifs is 1. The summed E-state index contributed by atoms with van der Waals surface area (Å²) in [5.74, 6) is 0.928. The molecule has 0 saturated carbocycles. The minimum absolute atomic E-state index is 0.487. The first kappa shape index (κ1) is 15.1. The van der Waals surface area contributed by atoms with E-state index in [1.54, 1.807) is 23.9 Å². The van der Waals surface area contributed by atoms with Crippen LogP contribution in [-0.4, -0.2) is 29.2 Å². The van der Waals surface area contributed by atoms with Crippen molar-refractivity contribution in [3.63, 3.8) is 0 Å². The Hall–Kier alpha value is -1.50. The molecule has 0 aliphatic carbocycles. The topological polar surface area (TPSA) is 47.0 Å². The maximum atomic E-state index is 5.94. The molecule has 1 aliphatic heterocycles. The lowest BCUT2D eigenvalue weighted by Gasteiger charge is -2.11. The summed E-state index contributed by atoms with van der Waals surface area (Å²) in [5.41, 5.74) is 0.929. The van der Waals surface area contributed by atoms with Crippen molar-refractivity contribution in [1.82, 2.24) is 15.3 Å². The van der Waals surface area contributed by atoms with Gasteiger partial charge in [-0.2, -0.15) is 0 Å². The molecule has 0 spiro atoms. The van der Waals surface area contributed by atoms with E-state index < -0.39 is 0 Å². The number of benzene rings is 1. The molecule has 118 valence electrons. The molecule has 1 aromatic carbocycles. The van der Waals surface area contributed by atoms with Crippen LogP contribution in [0.15, 0.2) is 41.3 Å². The molecule has 1 N–H and O–H groups in total. The van der Waals surface area contributed by atoms with Crippen LogP contribution in [0.1, 0.15) is 12.8 Å². The molecule has 4 nitrogen and oxygen atoms in total. The van der Waals surface area contributed by atoms with Crippen molar-refractivity contribution >= 4 is 37.4 Å². The first-order chi connectivity index (χ1) is 11.3. The average Bonchev–Trinajstić information content (AvgIpc) is 3.22. The molecule has 1 atom stereocenters. The average molecular weight is 390 g/mol. The molecule has 23 heavy (non-hydrogen) atoms. The highest BCUT2D eigenvalue weighted by molar-refractivity contribution is 9.10. The van der Waals surface area contributed by atoms with Gasteiger partial charge in [0, 0.05) is 16.9 Å². The number of hydrogen-bond acceptors (Lipinski definition) is 5. The van der Waals surface area contributed by atoms with E-state index in [1.165, 1.54) is 22.9 Å². The second-order valence-electron chi connectivity index (χ2n) is 5.63. The van der Waals surface area contributed by atoms with E-state index >= 15 is 0 Å². The van der Waals surface area contributed by atoms with E-state index in [2.05, 4.69) is 49.4 Å². The third-order valence-electron chi connectivity index (χ3n) is 4.00. The van der Waals surface area contributed by atoms with Crippen molar-refractivity contribution in [2.75, 3.05) is 13.2 Å². The lowest BCUT2D eigenvalue weighted by atomic mass is 10.2. The minimum Gasteiger partial charge on any atom is -0.492 e. The van der Waals surface area contributed by atoms with Crippen molar-refractivity contribution < 1.29 is 4.74 Å². The molecule has 3 aromatic rings. The second-order valence-corrected chi connectivity index (χ2v) is 7.57. The summed E-state index contributed by atoms with van der Waals surface area (Å²) < 4.78 is 8.09. The fraction of sp³-hybridized carbons (Fsp3) is 0.294. The molecule has 2 aromatic heterocycles. The van der Waals surface area contributed by atoms with Gasteiger partial charge in [-0.3, -0.25) is 0 Å². The first-order valence-electron chi connectivity index (χ1n) is 7.65. The van der Waals surface area contributed by atoms with Gasteiger partial charge < -0.3 is 10.1 Å². The van der Waals surface area contributed by atoms with E-state index in [9.17, 15) is 0 Å². The van der Waals surface area contributed by atoms with Gasteiger partial charge in [0.25, 0.3) is 0 Å². The zero-order valence-corrected chi connectivity index (χ0v) is 14.9. The highest BCUT2D eigenvalue weighted by Crippen LogP contribution is 2.36. The van der Waals surface area contributed by atoms with Gasteiger partial charge >= 0.3 is 0 Å². The Morgan fingerprint density at radius 1 is 1.35 bits per heavy atom. The van der Waals surface area contributed by atoms with Crippen LogP contribution >= 0.6 is 27.3 Å².